The van der Waals surface area contributed by atoms with E-state index >= 15 is 0 Å². The molecule has 1 saturated carbocycles. The monoisotopic (exact) mass is 227 g/mol. The van der Waals surface area contributed by atoms with Crippen LogP contribution in [0.4, 0.5) is 0 Å². The van der Waals surface area contributed by atoms with Gasteiger partial charge >= 0.3 is 11.9 Å². The van der Waals surface area contributed by atoms with E-state index in [1.807, 2.05) is 0 Å². The molecule has 1 spiro atoms. The van der Waals surface area contributed by atoms with Crippen molar-refractivity contribution in [2.45, 2.75) is 38.1 Å². The summed E-state index contributed by atoms with van der Waals surface area (Å²) in [6.07, 6.45) is 4.49. The van der Waals surface area contributed by atoms with Gasteiger partial charge in [0.15, 0.2) is 0 Å². The highest BCUT2D eigenvalue weighted by atomic mass is 16.4. The fraction of sp³-hybridized carbons (Fsp3) is 0.818. The maximum absolute atomic E-state index is 11.0. The number of carbonyl (C=O) groups is 2. The highest BCUT2D eigenvalue weighted by Crippen LogP contribution is 2.46. The summed E-state index contributed by atoms with van der Waals surface area (Å²) in [7, 11) is 0. The number of aliphatic carboxylic acids is 2. The number of carboxylic acids is 2. The molecule has 1 heterocycles. The van der Waals surface area contributed by atoms with Crippen LogP contribution in [0.2, 0.25) is 0 Å². The van der Waals surface area contributed by atoms with E-state index in [9.17, 15) is 9.59 Å². The number of rotatable bonds is 4. The van der Waals surface area contributed by atoms with Gasteiger partial charge in [-0.2, -0.15) is 0 Å². The van der Waals surface area contributed by atoms with Gasteiger partial charge in [-0.15, -0.1) is 0 Å². The fourth-order valence-electron chi connectivity index (χ4n) is 3.01. The number of hydrogen-bond acceptors (Lipinski definition) is 3. The van der Waals surface area contributed by atoms with Crippen LogP contribution in [-0.4, -0.2) is 46.2 Å². The summed E-state index contributed by atoms with van der Waals surface area (Å²) in [6, 6.07) is -0.844. The van der Waals surface area contributed by atoms with Crippen molar-refractivity contribution in [3.05, 3.63) is 0 Å². The van der Waals surface area contributed by atoms with Crippen molar-refractivity contribution in [3.63, 3.8) is 0 Å². The zero-order valence-electron chi connectivity index (χ0n) is 9.19. The zero-order chi connectivity index (χ0) is 11.8. The summed E-state index contributed by atoms with van der Waals surface area (Å²) in [5, 5.41) is 17.7. The quantitative estimate of drug-likeness (QED) is 0.742. The minimum atomic E-state index is -1.04. The van der Waals surface area contributed by atoms with Gasteiger partial charge in [-0.1, -0.05) is 12.8 Å². The minimum absolute atomic E-state index is 0.300. The smallest absolute Gasteiger partial charge is 0.321 e. The first kappa shape index (κ1) is 11.4. The van der Waals surface area contributed by atoms with Crippen molar-refractivity contribution in [2.75, 3.05) is 13.1 Å². The summed E-state index contributed by atoms with van der Waals surface area (Å²) in [6.45, 7) is 1.52. The van der Waals surface area contributed by atoms with Crippen LogP contribution in [0.3, 0.4) is 0 Å². The topological polar surface area (TPSA) is 77.8 Å². The summed E-state index contributed by atoms with van der Waals surface area (Å²) < 4.78 is 0. The van der Waals surface area contributed by atoms with Gasteiger partial charge in [-0.25, -0.2) is 0 Å². The Balaban J connectivity index is 1.92. The van der Waals surface area contributed by atoms with Crippen molar-refractivity contribution < 1.29 is 19.8 Å². The van der Waals surface area contributed by atoms with Gasteiger partial charge in [0.25, 0.3) is 0 Å². The van der Waals surface area contributed by atoms with Crippen molar-refractivity contribution in [1.29, 1.82) is 0 Å². The Morgan fingerprint density at radius 2 is 1.75 bits per heavy atom. The van der Waals surface area contributed by atoms with Crippen LogP contribution in [-0.2, 0) is 9.59 Å². The Hall–Kier alpha value is -1.10. The van der Waals surface area contributed by atoms with Crippen molar-refractivity contribution in [2.24, 2.45) is 5.41 Å². The average Bonchev–Trinajstić information content (AvgIpc) is 2.59. The number of hydrogen-bond donors (Lipinski definition) is 2. The molecule has 0 aromatic rings. The van der Waals surface area contributed by atoms with E-state index in [1.54, 1.807) is 4.90 Å². The third kappa shape index (κ3) is 2.04. The Labute approximate surface area is 94.0 Å². The van der Waals surface area contributed by atoms with E-state index in [-0.39, 0.29) is 6.42 Å². The van der Waals surface area contributed by atoms with Crippen LogP contribution in [0.5, 0.6) is 0 Å². The second kappa shape index (κ2) is 4.05. The van der Waals surface area contributed by atoms with E-state index in [0.29, 0.717) is 5.41 Å². The second-order valence-electron chi connectivity index (χ2n) is 5.06. The van der Waals surface area contributed by atoms with Crippen LogP contribution in [0, 0.1) is 5.41 Å². The Morgan fingerprint density at radius 3 is 2.19 bits per heavy atom. The van der Waals surface area contributed by atoms with Crippen LogP contribution >= 0.6 is 0 Å². The fourth-order valence-corrected chi connectivity index (χ4v) is 3.01. The Bertz CT molecular complexity index is 301. The predicted molar refractivity (Wildman–Crippen MR) is 56.2 cm³/mol. The van der Waals surface area contributed by atoms with Crippen molar-refractivity contribution in [1.82, 2.24) is 4.90 Å². The first-order valence-electron chi connectivity index (χ1n) is 5.71. The first-order chi connectivity index (χ1) is 7.52. The highest BCUT2D eigenvalue weighted by molar-refractivity contribution is 5.80. The zero-order valence-corrected chi connectivity index (χ0v) is 9.19. The van der Waals surface area contributed by atoms with E-state index in [4.69, 9.17) is 10.2 Å². The number of likely N-dealkylation sites (tertiary alicyclic amines) is 1. The summed E-state index contributed by atoms with van der Waals surface area (Å²) in [5.74, 6) is -2.06. The van der Waals surface area contributed by atoms with Crippen LogP contribution < -0.4 is 0 Å². The molecule has 2 aliphatic rings. The molecule has 2 N–H and O–H groups in total. The highest BCUT2D eigenvalue weighted by Gasteiger charge is 2.48. The van der Waals surface area contributed by atoms with Gasteiger partial charge in [-0.05, 0) is 18.3 Å². The van der Waals surface area contributed by atoms with Gasteiger partial charge in [0.2, 0.25) is 0 Å². The normalized spacial score (nSPS) is 25.2. The molecule has 16 heavy (non-hydrogen) atoms. The molecule has 2 fully saturated rings. The van der Waals surface area contributed by atoms with Gasteiger partial charge in [-0.3, -0.25) is 14.5 Å². The van der Waals surface area contributed by atoms with E-state index in [0.717, 1.165) is 13.1 Å². The molecule has 0 aromatic carbocycles. The van der Waals surface area contributed by atoms with E-state index < -0.39 is 18.0 Å². The molecule has 5 nitrogen and oxygen atoms in total. The van der Waals surface area contributed by atoms with Gasteiger partial charge in [0.1, 0.15) is 6.04 Å². The lowest BCUT2D eigenvalue weighted by Gasteiger charge is -2.50. The lowest BCUT2D eigenvalue weighted by atomic mass is 9.77. The average molecular weight is 227 g/mol. The molecule has 0 radical (unpaired) electrons. The molecule has 0 amide bonds. The summed E-state index contributed by atoms with van der Waals surface area (Å²) in [5.41, 5.74) is 0.312. The maximum Gasteiger partial charge on any atom is 0.321 e. The molecule has 90 valence electrons. The van der Waals surface area contributed by atoms with Crippen molar-refractivity contribution >= 4 is 11.9 Å². The third-order valence-electron chi connectivity index (χ3n) is 3.84. The van der Waals surface area contributed by atoms with Crippen LogP contribution in [0.1, 0.15) is 32.1 Å². The minimum Gasteiger partial charge on any atom is -0.481 e. The molecular weight excluding hydrogens is 210 g/mol. The third-order valence-corrected chi connectivity index (χ3v) is 3.84. The lowest BCUT2D eigenvalue weighted by molar-refractivity contribution is -0.155. The molecule has 0 aromatic heterocycles. The first-order valence-corrected chi connectivity index (χ1v) is 5.71. The van der Waals surface area contributed by atoms with Crippen molar-refractivity contribution in [3.8, 4) is 0 Å². The van der Waals surface area contributed by atoms with Crippen LogP contribution in [0.25, 0.3) is 0 Å². The molecule has 1 aliphatic heterocycles. The van der Waals surface area contributed by atoms with Crippen LogP contribution in [0.15, 0.2) is 0 Å². The molecular formula is C11H17NO4. The van der Waals surface area contributed by atoms with Gasteiger partial charge in [0, 0.05) is 13.1 Å². The lowest BCUT2D eigenvalue weighted by Crippen LogP contribution is -2.61. The maximum atomic E-state index is 11.0. The predicted octanol–water partition coefficient (Wildman–Crippen LogP) is 0.790. The number of nitrogens with zero attached hydrogens (tertiary/aromatic N) is 1. The molecule has 1 saturated heterocycles. The Morgan fingerprint density at radius 1 is 1.19 bits per heavy atom. The molecule has 0 bridgehead atoms. The molecule has 2 rings (SSSR count). The molecule has 1 atom stereocenters. The number of carboxylic acid groups (broad SMARTS) is 2. The van der Waals surface area contributed by atoms with E-state index in [2.05, 4.69) is 0 Å². The van der Waals surface area contributed by atoms with E-state index in [1.165, 1.54) is 25.7 Å². The largest absolute Gasteiger partial charge is 0.481 e. The SMILES string of the molecule is O=C(O)CC(C(=O)O)N1CC2(CCCC2)C1. The van der Waals surface area contributed by atoms with Gasteiger partial charge in [0.05, 0.1) is 6.42 Å². The standard InChI is InChI=1S/C11H17NO4/c13-9(14)5-8(10(15)16)12-6-11(7-12)3-1-2-4-11/h8H,1-7H2,(H,13,14)(H,15,16). The Kier molecular flexibility index (Phi) is 2.88. The molecule has 5 heteroatoms. The second-order valence-corrected chi connectivity index (χ2v) is 5.06. The summed E-state index contributed by atoms with van der Waals surface area (Å²) in [4.78, 5) is 23.3. The molecule has 1 aliphatic carbocycles. The van der Waals surface area contributed by atoms with Gasteiger partial charge < -0.3 is 10.2 Å². The summed E-state index contributed by atoms with van der Waals surface area (Å²) >= 11 is 0. The molecule has 1 unspecified atom stereocenters.